The lowest BCUT2D eigenvalue weighted by molar-refractivity contribution is -0.117. The molecule has 104 valence electrons. The van der Waals surface area contributed by atoms with Crippen molar-refractivity contribution >= 4 is 28.3 Å². The molecule has 0 aliphatic carbocycles. The van der Waals surface area contributed by atoms with Crippen LogP contribution in [0.5, 0.6) is 0 Å². The highest BCUT2D eigenvalue weighted by molar-refractivity contribution is 7.13. The van der Waals surface area contributed by atoms with Gasteiger partial charge in [-0.1, -0.05) is 24.3 Å². The summed E-state index contributed by atoms with van der Waals surface area (Å²) in [6.45, 7) is 1.97. The number of benzene rings is 1. The van der Waals surface area contributed by atoms with E-state index in [9.17, 15) is 9.59 Å². The number of aromatic nitrogens is 1. The molecule has 5 nitrogen and oxygen atoms in total. The van der Waals surface area contributed by atoms with Crippen LogP contribution in [-0.2, 0) is 22.4 Å². The molecule has 0 radical (unpaired) electrons. The Hall–Kier alpha value is -2.21. The molecular weight excluding hydrogens is 274 g/mol. The lowest BCUT2D eigenvalue weighted by atomic mass is 10.1. The number of hydrogen-bond donors (Lipinski definition) is 2. The number of thiazole rings is 1. The standard InChI is InChI=1S/C14H15N3O2S/c1-9-4-2-3-5-10(9)6-13(19)17-14-16-11(8-20-14)7-12(15)18/h2-5,8H,6-7H2,1H3,(H2,15,18)(H,16,17,19). The van der Waals surface area contributed by atoms with Gasteiger partial charge in [-0.15, -0.1) is 11.3 Å². The number of hydrogen-bond acceptors (Lipinski definition) is 4. The molecule has 1 heterocycles. The van der Waals surface area contributed by atoms with E-state index in [0.717, 1.165) is 11.1 Å². The van der Waals surface area contributed by atoms with Crippen LogP contribution in [0, 0.1) is 6.92 Å². The van der Waals surface area contributed by atoms with Gasteiger partial charge in [-0.25, -0.2) is 4.98 Å². The Labute approximate surface area is 120 Å². The molecule has 1 aromatic heterocycles. The highest BCUT2D eigenvalue weighted by Crippen LogP contribution is 2.16. The van der Waals surface area contributed by atoms with E-state index < -0.39 is 5.91 Å². The highest BCUT2D eigenvalue weighted by Gasteiger charge is 2.09. The zero-order chi connectivity index (χ0) is 14.5. The molecule has 0 unspecified atom stereocenters. The molecular formula is C14H15N3O2S. The number of nitrogens with zero attached hydrogens (tertiary/aromatic N) is 1. The van der Waals surface area contributed by atoms with E-state index in [1.807, 2.05) is 31.2 Å². The number of primary amides is 1. The van der Waals surface area contributed by atoms with Gasteiger partial charge in [0.1, 0.15) is 0 Å². The maximum absolute atomic E-state index is 11.9. The van der Waals surface area contributed by atoms with Gasteiger partial charge in [0, 0.05) is 5.38 Å². The second-order valence-electron chi connectivity index (χ2n) is 4.44. The van der Waals surface area contributed by atoms with Gasteiger partial charge in [-0.05, 0) is 18.1 Å². The fourth-order valence-electron chi connectivity index (χ4n) is 1.77. The smallest absolute Gasteiger partial charge is 0.230 e. The number of rotatable bonds is 5. The Morgan fingerprint density at radius 2 is 2.05 bits per heavy atom. The Kier molecular flexibility index (Phi) is 4.47. The van der Waals surface area contributed by atoms with Crippen LogP contribution >= 0.6 is 11.3 Å². The van der Waals surface area contributed by atoms with Gasteiger partial charge < -0.3 is 11.1 Å². The van der Waals surface area contributed by atoms with Gasteiger partial charge in [0.15, 0.2) is 5.13 Å². The van der Waals surface area contributed by atoms with Crippen molar-refractivity contribution in [3.05, 3.63) is 46.5 Å². The van der Waals surface area contributed by atoms with E-state index in [1.54, 1.807) is 5.38 Å². The molecule has 0 bridgehead atoms. The molecule has 0 fully saturated rings. The average molecular weight is 289 g/mol. The van der Waals surface area contributed by atoms with Crippen LogP contribution in [0.4, 0.5) is 5.13 Å². The normalized spacial score (nSPS) is 10.2. The second-order valence-corrected chi connectivity index (χ2v) is 5.30. The van der Waals surface area contributed by atoms with E-state index in [1.165, 1.54) is 11.3 Å². The summed E-state index contributed by atoms with van der Waals surface area (Å²) in [7, 11) is 0. The number of carbonyl (C=O) groups excluding carboxylic acids is 2. The zero-order valence-corrected chi connectivity index (χ0v) is 11.9. The van der Waals surface area contributed by atoms with Gasteiger partial charge in [-0.2, -0.15) is 0 Å². The first-order valence-electron chi connectivity index (χ1n) is 6.11. The van der Waals surface area contributed by atoms with Crippen LogP contribution in [0.3, 0.4) is 0 Å². The van der Waals surface area contributed by atoms with Gasteiger partial charge in [-0.3, -0.25) is 9.59 Å². The molecule has 20 heavy (non-hydrogen) atoms. The minimum absolute atomic E-state index is 0.0875. The molecule has 3 N–H and O–H groups in total. The molecule has 2 amide bonds. The predicted molar refractivity (Wildman–Crippen MR) is 78.5 cm³/mol. The van der Waals surface area contributed by atoms with Crippen LogP contribution in [0.15, 0.2) is 29.6 Å². The van der Waals surface area contributed by atoms with Gasteiger partial charge in [0.2, 0.25) is 11.8 Å². The summed E-state index contributed by atoms with van der Waals surface area (Å²) in [4.78, 5) is 26.8. The largest absolute Gasteiger partial charge is 0.369 e. The third-order valence-corrected chi connectivity index (χ3v) is 3.57. The Balaban J connectivity index is 1.96. The van der Waals surface area contributed by atoms with Crippen molar-refractivity contribution in [2.45, 2.75) is 19.8 Å². The number of aryl methyl sites for hydroxylation is 1. The molecule has 6 heteroatoms. The Bertz CT molecular complexity index is 637. The summed E-state index contributed by atoms with van der Waals surface area (Å²) in [6, 6.07) is 7.74. The predicted octanol–water partition coefficient (Wildman–Crippen LogP) is 1.66. The fraction of sp³-hybridized carbons (Fsp3) is 0.214. The minimum atomic E-state index is -0.437. The number of nitrogens with one attached hydrogen (secondary N) is 1. The van der Waals surface area contributed by atoms with E-state index in [0.29, 0.717) is 17.2 Å². The topological polar surface area (TPSA) is 85.1 Å². The number of nitrogens with two attached hydrogens (primary N) is 1. The van der Waals surface area contributed by atoms with Crippen LogP contribution < -0.4 is 11.1 Å². The SMILES string of the molecule is Cc1ccccc1CC(=O)Nc1nc(CC(N)=O)cs1. The van der Waals surface area contributed by atoms with Crippen LogP contribution in [0.1, 0.15) is 16.8 Å². The van der Waals surface area contributed by atoms with Crippen LogP contribution in [-0.4, -0.2) is 16.8 Å². The summed E-state index contributed by atoms with van der Waals surface area (Å²) < 4.78 is 0. The van der Waals surface area contributed by atoms with Crippen LogP contribution in [0.25, 0.3) is 0 Å². The van der Waals surface area contributed by atoms with Crippen molar-refractivity contribution in [3.63, 3.8) is 0 Å². The van der Waals surface area contributed by atoms with E-state index >= 15 is 0 Å². The molecule has 2 rings (SSSR count). The molecule has 1 aromatic carbocycles. The minimum Gasteiger partial charge on any atom is -0.369 e. The summed E-state index contributed by atoms with van der Waals surface area (Å²) in [5.74, 6) is -0.563. The summed E-state index contributed by atoms with van der Waals surface area (Å²) in [5.41, 5.74) is 7.73. The summed E-state index contributed by atoms with van der Waals surface area (Å²) in [6.07, 6.45) is 0.390. The van der Waals surface area contributed by atoms with Crippen molar-refractivity contribution in [1.29, 1.82) is 0 Å². The third-order valence-electron chi connectivity index (χ3n) is 2.77. The molecule has 2 aromatic rings. The summed E-state index contributed by atoms with van der Waals surface area (Å²) in [5, 5.41) is 4.93. The fourth-order valence-corrected chi connectivity index (χ4v) is 2.50. The van der Waals surface area contributed by atoms with Crippen molar-refractivity contribution in [1.82, 2.24) is 4.98 Å². The maximum Gasteiger partial charge on any atom is 0.230 e. The van der Waals surface area contributed by atoms with Crippen molar-refractivity contribution in [2.75, 3.05) is 5.32 Å². The Morgan fingerprint density at radius 3 is 2.75 bits per heavy atom. The van der Waals surface area contributed by atoms with Crippen molar-refractivity contribution in [2.24, 2.45) is 5.73 Å². The van der Waals surface area contributed by atoms with Gasteiger partial charge >= 0.3 is 0 Å². The first-order chi connectivity index (χ1) is 9.54. The van der Waals surface area contributed by atoms with E-state index in [4.69, 9.17) is 5.73 Å². The molecule has 0 aliphatic rings. The number of carbonyl (C=O) groups is 2. The lowest BCUT2D eigenvalue weighted by Gasteiger charge is -2.04. The molecule has 0 atom stereocenters. The van der Waals surface area contributed by atoms with E-state index in [-0.39, 0.29) is 12.3 Å². The molecule has 0 aliphatic heterocycles. The lowest BCUT2D eigenvalue weighted by Crippen LogP contribution is -2.16. The summed E-state index contributed by atoms with van der Waals surface area (Å²) >= 11 is 1.28. The zero-order valence-electron chi connectivity index (χ0n) is 11.1. The van der Waals surface area contributed by atoms with Crippen LogP contribution in [0.2, 0.25) is 0 Å². The first kappa shape index (κ1) is 14.2. The second kappa shape index (κ2) is 6.29. The highest BCUT2D eigenvalue weighted by atomic mass is 32.1. The van der Waals surface area contributed by atoms with Gasteiger partial charge in [0.05, 0.1) is 18.5 Å². The van der Waals surface area contributed by atoms with Crippen molar-refractivity contribution < 1.29 is 9.59 Å². The average Bonchev–Trinajstić information content (AvgIpc) is 2.78. The molecule has 0 saturated carbocycles. The molecule has 0 spiro atoms. The maximum atomic E-state index is 11.9. The first-order valence-corrected chi connectivity index (χ1v) is 6.99. The van der Waals surface area contributed by atoms with E-state index in [2.05, 4.69) is 10.3 Å². The number of amides is 2. The Morgan fingerprint density at radius 1 is 1.30 bits per heavy atom. The van der Waals surface area contributed by atoms with Crippen molar-refractivity contribution in [3.8, 4) is 0 Å². The number of anilines is 1. The third kappa shape index (κ3) is 3.89. The van der Waals surface area contributed by atoms with Gasteiger partial charge in [0.25, 0.3) is 0 Å². The quantitative estimate of drug-likeness (QED) is 0.877. The monoisotopic (exact) mass is 289 g/mol. The molecule has 0 saturated heterocycles.